The highest BCUT2D eigenvalue weighted by molar-refractivity contribution is 5.99. The summed E-state index contributed by atoms with van der Waals surface area (Å²) in [6, 6.07) is 7.45. The van der Waals surface area contributed by atoms with E-state index in [2.05, 4.69) is 10.6 Å². The molecule has 1 fully saturated rings. The van der Waals surface area contributed by atoms with Gasteiger partial charge in [-0.15, -0.1) is 12.4 Å². The molecule has 1 aliphatic carbocycles. The van der Waals surface area contributed by atoms with E-state index in [0.29, 0.717) is 23.7 Å². The van der Waals surface area contributed by atoms with E-state index in [1.807, 2.05) is 0 Å². The van der Waals surface area contributed by atoms with E-state index in [0.717, 1.165) is 6.54 Å². The molecular formula is C19H30ClN3O2. The molecule has 6 heteroatoms. The Morgan fingerprint density at radius 3 is 2.32 bits per heavy atom. The van der Waals surface area contributed by atoms with E-state index >= 15 is 0 Å². The summed E-state index contributed by atoms with van der Waals surface area (Å²) in [6.45, 7) is 1.38. The van der Waals surface area contributed by atoms with Crippen LogP contribution in [0.5, 0.6) is 0 Å². The molecular weight excluding hydrogens is 338 g/mol. The third kappa shape index (κ3) is 7.04. The number of nitrogens with one attached hydrogen (secondary N) is 2. The standard InChI is InChI=1S/C19H29N3O2.ClH/c1-22(2)19(24)16-9-7-8-15(14-16)18(23)21-13-12-20-17-10-5-3-4-6-11-17;/h7-9,14,17,20H,3-6,10-13H2,1-2H3,(H,21,23);1H. The second-order valence-electron chi connectivity index (χ2n) is 6.68. The Morgan fingerprint density at radius 1 is 1.04 bits per heavy atom. The maximum absolute atomic E-state index is 12.2. The number of hydrogen-bond acceptors (Lipinski definition) is 3. The summed E-state index contributed by atoms with van der Waals surface area (Å²) >= 11 is 0. The highest BCUT2D eigenvalue weighted by atomic mass is 35.5. The minimum Gasteiger partial charge on any atom is -0.351 e. The van der Waals surface area contributed by atoms with Crippen LogP contribution < -0.4 is 10.6 Å². The molecule has 0 radical (unpaired) electrons. The number of benzene rings is 1. The van der Waals surface area contributed by atoms with Crippen molar-refractivity contribution in [1.29, 1.82) is 0 Å². The molecule has 0 spiro atoms. The summed E-state index contributed by atoms with van der Waals surface area (Å²) in [4.78, 5) is 25.7. The summed E-state index contributed by atoms with van der Waals surface area (Å²) in [7, 11) is 3.41. The highest BCUT2D eigenvalue weighted by Gasteiger charge is 2.13. The zero-order valence-corrected chi connectivity index (χ0v) is 16.0. The molecule has 0 atom stereocenters. The van der Waals surface area contributed by atoms with Gasteiger partial charge in [0.15, 0.2) is 0 Å². The molecule has 1 saturated carbocycles. The molecule has 1 aliphatic rings. The molecule has 5 nitrogen and oxygen atoms in total. The van der Waals surface area contributed by atoms with Crippen molar-refractivity contribution in [3.63, 3.8) is 0 Å². The molecule has 2 N–H and O–H groups in total. The lowest BCUT2D eigenvalue weighted by atomic mass is 10.1. The number of nitrogens with zero attached hydrogens (tertiary/aromatic N) is 1. The lowest BCUT2D eigenvalue weighted by Gasteiger charge is -2.16. The third-order valence-corrected chi connectivity index (χ3v) is 4.48. The predicted octanol–water partition coefficient (Wildman–Crippen LogP) is 2.85. The van der Waals surface area contributed by atoms with Gasteiger partial charge in [0.1, 0.15) is 0 Å². The van der Waals surface area contributed by atoms with Crippen molar-refractivity contribution >= 4 is 24.2 Å². The summed E-state index contributed by atoms with van der Waals surface area (Å²) in [5.41, 5.74) is 1.06. The van der Waals surface area contributed by atoms with Gasteiger partial charge in [-0.05, 0) is 31.0 Å². The Kier molecular flexibility index (Phi) is 9.53. The molecule has 0 heterocycles. The van der Waals surface area contributed by atoms with E-state index < -0.39 is 0 Å². The molecule has 0 unspecified atom stereocenters. The number of hydrogen-bond donors (Lipinski definition) is 2. The minimum absolute atomic E-state index is 0. The number of rotatable bonds is 6. The summed E-state index contributed by atoms with van der Waals surface area (Å²) in [6.07, 6.45) is 7.77. The first kappa shape index (κ1) is 21.5. The van der Waals surface area contributed by atoms with Crippen LogP contribution >= 0.6 is 12.4 Å². The van der Waals surface area contributed by atoms with Crippen LogP contribution in [0.4, 0.5) is 0 Å². The lowest BCUT2D eigenvalue weighted by Crippen LogP contribution is -2.37. The Balaban J connectivity index is 0.00000312. The molecule has 1 aromatic carbocycles. The SMILES string of the molecule is CN(C)C(=O)c1cccc(C(=O)NCCNC2CCCCCC2)c1.Cl. The normalized spacial score (nSPS) is 15.0. The van der Waals surface area contributed by atoms with Crippen molar-refractivity contribution < 1.29 is 9.59 Å². The molecule has 0 aliphatic heterocycles. The van der Waals surface area contributed by atoms with Gasteiger partial charge in [0.05, 0.1) is 0 Å². The fraction of sp³-hybridized carbons (Fsp3) is 0.579. The van der Waals surface area contributed by atoms with Crippen LogP contribution in [-0.4, -0.2) is 49.9 Å². The Hall–Kier alpha value is -1.59. The smallest absolute Gasteiger partial charge is 0.253 e. The van der Waals surface area contributed by atoms with E-state index in [-0.39, 0.29) is 24.2 Å². The molecule has 1 aromatic rings. The first-order valence-corrected chi connectivity index (χ1v) is 8.91. The van der Waals surface area contributed by atoms with Crippen molar-refractivity contribution in [3.8, 4) is 0 Å². The molecule has 2 amide bonds. The van der Waals surface area contributed by atoms with Gasteiger partial charge < -0.3 is 15.5 Å². The number of carbonyl (C=O) groups is 2. The van der Waals surface area contributed by atoms with Crippen molar-refractivity contribution in [1.82, 2.24) is 15.5 Å². The van der Waals surface area contributed by atoms with Gasteiger partial charge in [-0.1, -0.05) is 31.7 Å². The molecule has 0 bridgehead atoms. The van der Waals surface area contributed by atoms with E-state index in [4.69, 9.17) is 0 Å². The quantitative estimate of drug-likeness (QED) is 0.600. The Bertz CT molecular complexity index is 555. The van der Waals surface area contributed by atoms with Crippen molar-refractivity contribution in [3.05, 3.63) is 35.4 Å². The fourth-order valence-electron chi connectivity index (χ4n) is 3.09. The average molecular weight is 368 g/mol. The van der Waals surface area contributed by atoms with Crippen LogP contribution in [0.15, 0.2) is 24.3 Å². The van der Waals surface area contributed by atoms with Gasteiger partial charge in [0, 0.05) is 44.4 Å². The second kappa shape index (κ2) is 11.1. The predicted molar refractivity (Wildman–Crippen MR) is 104 cm³/mol. The van der Waals surface area contributed by atoms with E-state index in [9.17, 15) is 9.59 Å². The number of carbonyl (C=O) groups excluding carboxylic acids is 2. The van der Waals surface area contributed by atoms with Gasteiger partial charge in [-0.2, -0.15) is 0 Å². The molecule has 140 valence electrons. The molecule has 2 rings (SSSR count). The monoisotopic (exact) mass is 367 g/mol. The van der Waals surface area contributed by atoms with Gasteiger partial charge in [-0.25, -0.2) is 0 Å². The molecule has 25 heavy (non-hydrogen) atoms. The average Bonchev–Trinajstić information content (AvgIpc) is 2.86. The number of halogens is 1. The minimum atomic E-state index is -0.133. The van der Waals surface area contributed by atoms with Crippen LogP contribution in [0, 0.1) is 0 Å². The van der Waals surface area contributed by atoms with Crippen molar-refractivity contribution in [2.24, 2.45) is 0 Å². The van der Waals surface area contributed by atoms with Crippen LogP contribution in [0.1, 0.15) is 59.2 Å². The van der Waals surface area contributed by atoms with E-state index in [1.54, 1.807) is 38.4 Å². The summed E-state index contributed by atoms with van der Waals surface area (Å²) in [5, 5.41) is 6.46. The topological polar surface area (TPSA) is 61.4 Å². The third-order valence-electron chi connectivity index (χ3n) is 4.48. The second-order valence-corrected chi connectivity index (χ2v) is 6.68. The van der Waals surface area contributed by atoms with Gasteiger partial charge in [0.2, 0.25) is 0 Å². The van der Waals surface area contributed by atoms with Gasteiger partial charge in [0.25, 0.3) is 11.8 Å². The maximum atomic E-state index is 12.2. The summed E-state index contributed by atoms with van der Waals surface area (Å²) in [5.74, 6) is -0.231. The first-order valence-electron chi connectivity index (χ1n) is 8.91. The van der Waals surface area contributed by atoms with Crippen LogP contribution in [0.2, 0.25) is 0 Å². The highest BCUT2D eigenvalue weighted by Crippen LogP contribution is 2.16. The van der Waals surface area contributed by atoms with Crippen molar-refractivity contribution in [2.45, 2.75) is 44.6 Å². The van der Waals surface area contributed by atoms with E-state index in [1.165, 1.54) is 43.4 Å². The van der Waals surface area contributed by atoms with Crippen LogP contribution in [-0.2, 0) is 0 Å². The molecule has 0 aromatic heterocycles. The zero-order chi connectivity index (χ0) is 17.4. The Morgan fingerprint density at radius 2 is 1.68 bits per heavy atom. The Labute approximate surface area is 157 Å². The largest absolute Gasteiger partial charge is 0.351 e. The number of amides is 2. The van der Waals surface area contributed by atoms with Gasteiger partial charge >= 0.3 is 0 Å². The molecule has 0 saturated heterocycles. The van der Waals surface area contributed by atoms with Crippen molar-refractivity contribution in [2.75, 3.05) is 27.2 Å². The lowest BCUT2D eigenvalue weighted by molar-refractivity contribution is 0.0827. The zero-order valence-electron chi connectivity index (χ0n) is 15.2. The summed E-state index contributed by atoms with van der Waals surface area (Å²) < 4.78 is 0. The van der Waals surface area contributed by atoms with Crippen LogP contribution in [0.25, 0.3) is 0 Å². The maximum Gasteiger partial charge on any atom is 0.253 e. The first-order chi connectivity index (χ1) is 11.6. The fourth-order valence-corrected chi connectivity index (χ4v) is 3.09. The van der Waals surface area contributed by atoms with Gasteiger partial charge in [-0.3, -0.25) is 9.59 Å². The van der Waals surface area contributed by atoms with Crippen LogP contribution in [0.3, 0.4) is 0 Å².